The van der Waals surface area contributed by atoms with Crippen LogP contribution in [-0.2, 0) is 0 Å². The third kappa shape index (κ3) is 5.76. The third-order valence-electron chi connectivity index (χ3n) is 4.28. The molecular formula is C20H21ClN6O5. The maximum absolute atomic E-state index is 12.5. The largest absolute Gasteiger partial charge is 0.487 e. The lowest BCUT2D eigenvalue weighted by atomic mass is 10.2. The topological polar surface area (TPSA) is 153 Å². The monoisotopic (exact) mass is 460 g/mol. The van der Waals surface area contributed by atoms with Crippen LogP contribution >= 0.6 is 11.6 Å². The van der Waals surface area contributed by atoms with Gasteiger partial charge in [0.2, 0.25) is 5.69 Å². The van der Waals surface area contributed by atoms with E-state index in [0.29, 0.717) is 22.1 Å². The van der Waals surface area contributed by atoms with E-state index in [2.05, 4.69) is 20.6 Å². The fourth-order valence-corrected chi connectivity index (χ4v) is 3.16. The first-order valence-corrected chi connectivity index (χ1v) is 9.99. The lowest BCUT2D eigenvalue weighted by Crippen LogP contribution is -2.30. The molecule has 0 fully saturated rings. The second-order valence-corrected chi connectivity index (χ2v) is 6.83. The Labute approximate surface area is 188 Å². The molecule has 168 valence electrons. The highest BCUT2D eigenvalue weighted by Crippen LogP contribution is 2.37. The molecule has 0 spiro atoms. The van der Waals surface area contributed by atoms with Gasteiger partial charge in [-0.25, -0.2) is 9.78 Å². The van der Waals surface area contributed by atoms with Crippen LogP contribution in [0.1, 0.15) is 5.69 Å². The molecule has 4 N–H and O–H groups in total. The third-order valence-corrected chi connectivity index (χ3v) is 4.59. The number of nitriles is 1. The van der Waals surface area contributed by atoms with Crippen LogP contribution in [0.25, 0.3) is 0 Å². The summed E-state index contributed by atoms with van der Waals surface area (Å²) < 4.78 is 11.3. The molecule has 0 radical (unpaired) electrons. The summed E-state index contributed by atoms with van der Waals surface area (Å²) in [6.07, 6.45) is 4.63. The number of hydrogen-bond acceptors (Lipinski definition) is 9. The van der Waals surface area contributed by atoms with E-state index in [1.54, 1.807) is 23.1 Å². The highest BCUT2D eigenvalue weighted by Gasteiger charge is 2.18. The SMILES string of the molecule is N#Cc1ncc2nc1OC/C=C\COc1cc(N(CCO)CCO)c(Cl)cc1NC(=O)N2. The van der Waals surface area contributed by atoms with E-state index in [4.69, 9.17) is 26.3 Å². The van der Waals surface area contributed by atoms with Crippen LogP contribution in [0.2, 0.25) is 5.02 Å². The van der Waals surface area contributed by atoms with Gasteiger partial charge in [-0.15, -0.1) is 0 Å². The number of urea groups is 1. The maximum Gasteiger partial charge on any atom is 0.325 e. The molecule has 0 atom stereocenters. The number of hydrogen-bond donors (Lipinski definition) is 4. The number of fused-ring (bicyclic) bond motifs is 3. The fourth-order valence-electron chi connectivity index (χ4n) is 2.88. The number of benzene rings is 1. The Morgan fingerprint density at radius 2 is 1.88 bits per heavy atom. The first-order valence-electron chi connectivity index (χ1n) is 9.61. The Hall–Kier alpha value is -3.59. The zero-order valence-corrected chi connectivity index (χ0v) is 17.7. The molecule has 2 heterocycles. The van der Waals surface area contributed by atoms with Crippen LogP contribution in [0, 0.1) is 11.3 Å². The second-order valence-electron chi connectivity index (χ2n) is 6.43. The Bertz CT molecular complexity index is 1040. The van der Waals surface area contributed by atoms with Gasteiger partial charge in [0.05, 0.1) is 35.8 Å². The van der Waals surface area contributed by atoms with Gasteiger partial charge in [-0.1, -0.05) is 11.6 Å². The van der Waals surface area contributed by atoms with E-state index >= 15 is 0 Å². The van der Waals surface area contributed by atoms with Crippen LogP contribution in [0.5, 0.6) is 11.6 Å². The van der Waals surface area contributed by atoms with Crippen LogP contribution in [0.4, 0.5) is 22.0 Å². The van der Waals surface area contributed by atoms with Gasteiger partial charge in [-0.2, -0.15) is 10.2 Å². The molecule has 0 saturated heterocycles. The molecule has 1 aliphatic heterocycles. The quantitative estimate of drug-likeness (QED) is 0.489. The molecule has 0 saturated carbocycles. The van der Waals surface area contributed by atoms with Crippen molar-refractivity contribution < 1.29 is 24.5 Å². The van der Waals surface area contributed by atoms with Gasteiger partial charge < -0.3 is 29.9 Å². The predicted octanol–water partition coefficient (Wildman–Crippen LogP) is 1.76. The Kier molecular flexibility index (Phi) is 8.04. The standard InChI is InChI=1S/C20H21ClN6O5/c21-13-9-14-17(10-16(13)27(3-5-28)4-6-29)31-7-1-2-8-32-19-15(11-22)23-12-18(25-19)26-20(30)24-14/h1-2,9-10,12,28-29H,3-8H2,(H2,24,25,26,30)/b2-1-. The summed E-state index contributed by atoms with van der Waals surface area (Å²) in [6.45, 7) is 0.504. The number of nitrogens with zero attached hydrogens (tertiary/aromatic N) is 4. The second kappa shape index (κ2) is 11.1. The molecule has 1 aromatic carbocycles. The van der Waals surface area contributed by atoms with Crippen molar-refractivity contribution in [1.29, 1.82) is 5.26 Å². The number of rotatable bonds is 5. The average Bonchev–Trinajstić information content (AvgIpc) is 2.77. The molecule has 1 aromatic heterocycles. The summed E-state index contributed by atoms with van der Waals surface area (Å²) in [5.41, 5.74) is 0.826. The molecule has 12 heteroatoms. The van der Waals surface area contributed by atoms with Crippen molar-refractivity contribution >= 4 is 34.8 Å². The summed E-state index contributed by atoms with van der Waals surface area (Å²) >= 11 is 6.42. The van der Waals surface area contributed by atoms with Crippen LogP contribution in [0.15, 0.2) is 30.5 Å². The van der Waals surface area contributed by atoms with Crippen molar-refractivity contribution in [1.82, 2.24) is 9.97 Å². The van der Waals surface area contributed by atoms with E-state index in [1.807, 2.05) is 6.07 Å². The van der Waals surface area contributed by atoms with Crippen LogP contribution in [0.3, 0.4) is 0 Å². The number of ether oxygens (including phenoxy) is 2. The summed E-state index contributed by atoms with van der Waals surface area (Å²) in [4.78, 5) is 22.3. The number of anilines is 3. The Balaban J connectivity index is 1.94. The minimum absolute atomic E-state index is 0.00567. The maximum atomic E-state index is 12.5. The average molecular weight is 461 g/mol. The molecule has 0 aliphatic carbocycles. The van der Waals surface area contributed by atoms with E-state index < -0.39 is 6.03 Å². The Morgan fingerprint density at radius 3 is 2.56 bits per heavy atom. The predicted molar refractivity (Wildman–Crippen MR) is 117 cm³/mol. The highest BCUT2D eigenvalue weighted by molar-refractivity contribution is 6.33. The molecule has 2 aromatic rings. The molecule has 1 aliphatic rings. The molecule has 3 rings (SSSR count). The minimum atomic E-state index is -0.640. The summed E-state index contributed by atoms with van der Waals surface area (Å²) in [7, 11) is 0. The van der Waals surface area contributed by atoms with Crippen LogP contribution in [-0.4, -0.2) is 65.7 Å². The van der Waals surface area contributed by atoms with Crippen LogP contribution < -0.4 is 25.0 Å². The lowest BCUT2D eigenvalue weighted by molar-refractivity contribution is 0.261. The smallest absolute Gasteiger partial charge is 0.325 e. The zero-order valence-electron chi connectivity index (χ0n) is 16.9. The molecule has 0 unspecified atom stereocenters. The van der Waals surface area contributed by atoms with Crippen molar-refractivity contribution in [2.75, 3.05) is 55.1 Å². The van der Waals surface area contributed by atoms with Gasteiger partial charge in [-0.3, -0.25) is 5.32 Å². The number of carbonyl (C=O) groups excluding carboxylic acids is 1. The Morgan fingerprint density at radius 1 is 1.16 bits per heavy atom. The van der Waals surface area contributed by atoms with Crippen molar-refractivity contribution in [3.63, 3.8) is 0 Å². The molecule has 2 amide bonds. The number of carbonyl (C=O) groups is 1. The summed E-state index contributed by atoms with van der Waals surface area (Å²) in [5, 5.41) is 33.2. The zero-order chi connectivity index (χ0) is 22.9. The van der Waals surface area contributed by atoms with Gasteiger partial charge in [0.25, 0.3) is 5.88 Å². The van der Waals surface area contributed by atoms with Crippen molar-refractivity contribution in [2.45, 2.75) is 0 Å². The van der Waals surface area contributed by atoms with Gasteiger partial charge in [-0.05, 0) is 18.2 Å². The highest BCUT2D eigenvalue weighted by atomic mass is 35.5. The lowest BCUT2D eigenvalue weighted by Gasteiger charge is -2.25. The number of halogens is 1. The van der Waals surface area contributed by atoms with E-state index in [-0.39, 0.29) is 56.9 Å². The summed E-state index contributed by atoms with van der Waals surface area (Å²) in [5.74, 6) is 0.406. The number of nitrogens with one attached hydrogen (secondary N) is 2. The first kappa shape index (κ1) is 23.1. The minimum Gasteiger partial charge on any atom is -0.487 e. The number of aliphatic hydroxyl groups excluding tert-OH is 2. The van der Waals surface area contributed by atoms with Gasteiger partial charge in [0, 0.05) is 19.2 Å². The van der Waals surface area contributed by atoms with E-state index in [1.165, 1.54) is 12.3 Å². The van der Waals surface area contributed by atoms with Crippen molar-refractivity contribution in [3.8, 4) is 17.7 Å². The van der Waals surface area contributed by atoms with Gasteiger partial charge in [0.1, 0.15) is 25.0 Å². The number of aliphatic hydroxyl groups is 2. The molecule has 32 heavy (non-hydrogen) atoms. The number of amides is 2. The van der Waals surface area contributed by atoms with Crippen molar-refractivity contribution in [3.05, 3.63) is 41.2 Å². The molecular weight excluding hydrogens is 440 g/mol. The van der Waals surface area contributed by atoms with Gasteiger partial charge >= 0.3 is 6.03 Å². The van der Waals surface area contributed by atoms with Gasteiger partial charge in [0.15, 0.2) is 5.82 Å². The normalized spacial score (nSPS) is 14.4. The molecule has 2 bridgehead atoms. The first-order chi connectivity index (χ1) is 15.5. The van der Waals surface area contributed by atoms with E-state index in [0.717, 1.165) is 0 Å². The van der Waals surface area contributed by atoms with Crippen molar-refractivity contribution in [2.24, 2.45) is 0 Å². The fraction of sp³-hybridized carbons (Fsp3) is 0.300. The summed E-state index contributed by atoms with van der Waals surface area (Å²) in [6, 6.07) is 4.38. The number of aromatic nitrogens is 2. The molecule has 11 nitrogen and oxygen atoms in total. The van der Waals surface area contributed by atoms with E-state index in [9.17, 15) is 15.0 Å².